The molecule has 0 bridgehead atoms. The highest BCUT2D eigenvalue weighted by Crippen LogP contribution is 2.25. The summed E-state index contributed by atoms with van der Waals surface area (Å²) in [6.07, 6.45) is 0.316. The van der Waals surface area contributed by atoms with E-state index in [4.69, 9.17) is 0 Å². The van der Waals surface area contributed by atoms with E-state index in [2.05, 4.69) is 31.1 Å². The van der Waals surface area contributed by atoms with Gasteiger partial charge in [-0.3, -0.25) is 0 Å². The minimum atomic E-state index is -2.08. The van der Waals surface area contributed by atoms with Crippen LogP contribution in [0.4, 0.5) is 0 Å². The van der Waals surface area contributed by atoms with Gasteiger partial charge in [0.25, 0.3) is 0 Å². The van der Waals surface area contributed by atoms with E-state index in [1.165, 1.54) is 24.3 Å². The van der Waals surface area contributed by atoms with Crippen LogP contribution in [-0.2, 0) is 14.3 Å². The first kappa shape index (κ1) is 22.9. The molecule has 7 nitrogen and oxygen atoms in total. The smallest absolute Gasteiger partial charge is 0.345 e. The second-order valence-electron chi connectivity index (χ2n) is 5.72. The summed E-state index contributed by atoms with van der Waals surface area (Å²) in [7, 11) is 0. The molecule has 0 aliphatic heterocycles. The molecule has 4 N–H and O–H groups in total. The van der Waals surface area contributed by atoms with Crippen LogP contribution in [-0.4, -0.2) is 55.8 Å². The molecule has 0 saturated heterocycles. The van der Waals surface area contributed by atoms with Crippen LogP contribution in [0.3, 0.4) is 0 Å². The highest BCUT2D eigenvalue weighted by Gasteiger charge is 2.44. The van der Waals surface area contributed by atoms with Gasteiger partial charge in [-0.15, -0.1) is 26.3 Å². The van der Waals surface area contributed by atoms with Crippen molar-refractivity contribution in [3.8, 4) is 0 Å². The van der Waals surface area contributed by atoms with Crippen LogP contribution < -0.4 is 0 Å². The number of hydrogen-bond donors (Lipinski definition) is 4. The largest absolute Gasteiger partial charge is 0.389 e. The van der Waals surface area contributed by atoms with Crippen molar-refractivity contribution >= 4 is 11.9 Å². The van der Waals surface area contributed by atoms with Gasteiger partial charge in [-0.05, 0) is 25.7 Å². The van der Waals surface area contributed by atoms with E-state index in [0.29, 0.717) is 0 Å². The first-order valence-corrected chi connectivity index (χ1v) is 7.62. The van der Waals surface area contributed by atoms with Crippen LogP contribution in [0, 0.1) is 0 Å². The van der Waals surface area contributed by atoms with Crippen LogP contribution >= 0.6 is 0 Å². The molecule has 0 aromatic rings. The summed E-state index contributed by atoms with van der Waals surface area (Å²) in [6.45, 7) is 13.7. The lowest BCUT2D eigenvalue weighted by atomic mass is 9.88. The van der Waals surface area contributed by atoms with Crippen LogP contribution in [0.1, 0.15) is 25.7 Å². The lowest BCUT2D eigenvalue weighted by Crippen LogP contribution is -2.51. The van der Waals surface area contributed by atoms with E-state index in [-0.39, 0.29) is 25.7 Å². The Labute approximate surface area is 147 Å². The Balaban J connectivity index is 5.22. The first-order valence-electron chi connectivity index (χ1n) is 7.62. The number of carbonyl (C=O) groups is 2. The van der Waals surface area contributed by atoms with E-state index in [0.717, 1.165) is 0 Å². The topological polar surface area (TPSA) is 124 Å². The standard InChI is InChI=1S/C18H26O7/c1-5-9-17(23,10-6-2)13(19)15(21)25-16(22)14(20)18(24,11-7-3)12-8-4/h5-8,13-14,19-20,23-24H,1-4,9-12H2. The Morgan fingerprint density at radius 1 is 0.760 bits per heavy atom. The van der Waals surface area contributed by atoms with E-state index in [1.54, 1.807) is 0 Å². The minimum Gasteiger partial charge on any atom is -0.389 e. The molecule has 2 unspecified atom stereocenters. The quantitative estimate of drug-likeness (QED) is 0.229. The minimum absolute atomic E-state index is 0.164. The lowest BCUT2D eigenvalue weighted by Gasteiger charge is -2.31. The Kier molecular flexibility index (Phi) is 9.22. The molecule has 25 heavy (non-hydrogen) atoms. The molecule has 0 spiro atoms. The summed E-state index contributed by atoms with van der Waals surface area (Å²) in [4.78, 5) is 23.9. The molecule has 0 amide bonds. The summed E-state index contributed by atoms with van der Waals surface area (Å²) in [5.74, 6) is -2.93. The third kappa shape index (κ3) is 6.06. The van der Waals surface area contributed by atoms with Gasteiger partial charge in [-0.1, -0.05) is 24.3 Å². The summed E-state index contributed by atoms with van der Waals surface area (Å²) >= 11 is 0. The summed E-state index contributed by atoms with van der Waals surface area (Å²) < 4.78 is 4.42. The van der Waals surface area contributed by atoms with Crippen LogP contribution in [0.25, 0.3) is 0 Å². The summed E-state index contributed by atoms with van der Waals surface area (Å²) in [6, 6.07) is 0. The molecule has 0 aromatic carbocycles. The number of aliphatic hydroxyl groups excluding tert-OH is 2. The molecule has 7 heteroatoms. The highest BCUT2D eigenvalue weighted by atomic mass is 16.6. The second kappa shape index (κ2) is 10.0. The normalized spacial score (nSPS) is 14.1. The molecule has 0 rings (SSSR count). The fourth-order valence-electron chi connectivity index (χ4n) is 2.26. The third-order valence-corrected chi connectivity index (χ3v) is 3.66. The predicted molar refractivity (Wildman–Crippen MR) is 92.3 cm³/mol. The monoisotopic (exact) mass is 354 g/mol. The lowest BCUT2D eigenvalue weighted by molar-refractivity contribution is -0.187. The number of rotatable bonds is 12. The van der Waals surface area contributed by atoms with E-state index in [9.17, 15) is 30.0 Å². The maximum absolute atomic E-state index is 11.9. The van der Waals surface area contributed by atoms with Gasteiger partial charge >= 0.3 is 11.9 Å². The number of ether oxygens (including phenoxy) is 1. The molecular formula is C18H26O7. The van der Waals surface area contributed by atoms with E-state index in [1.807, 2.05) is 0 Å². The molecule has 0 saturated carbocycles. The summed E-state index contributed by atoms with van der Waals surface area (Å²) in [5.41, 5.74) is -3.91. The number of carbonyl (C=O) groups excluding carboxylic acids is 2. The van der Waals surface area contributed by atoms with Crippen molar-refractivity contribution in [2.24, 2.45) is 0 Å². The number of hydrogen-bond acceptors (Lipinski definition) is 7. The van der Waals surface area contributed by atoms with E-state index >= 15 is 0 Å². The Morgan fingerprint density at radius 2 is 1.00 bits per heavy atom. The Bertz CT molecular complexity index is 458. The second-order valence-corrected chi connectivity index (χ2v) is 5.72. The zero-order chi connectivity index (χ0) is 19.7. The zero-order valence-corrected chi connectivity index (χ0v) is 14.1. The molecule has 0 aliphatic carbocycles. The van der Waals surface area contributed by atoms with Gasteiger partial charge in [0.2, 0.25) is 0 Å². The van der Waals surface area contributed by atoms with Crippen molar-refractivity contribution in [1.29, 1.82) is 0 Å². The van der Waals surface area contributed by atoms with Crippen molar-refractivity contribution in [3.63, 3.8) is 0 Å². The zero-order valence-electron chi connectivity index (χ0n) is 14.1. The van der Waals surface area contributed by atoms with Crippen LogP contribution in [0.15, 0.2) is 50.6 Å². The van der Waals surface area contributed by atoms with Crippen molar-refractivity contribution in [3.05, 3.63) is 50.6 Å². The molecule has 0 aliphatic rings. The average molecular weight is 354 g/mol. The molecule has 0 fully saturated rings. The van der Waals surface area contributed by atoms with E-state index < -0.39 is 35.3 Å². The average Bonchev–Trinajstić information content (AvgIpc) is 2.54. The summed E-state index contributed by atoms with van der Waals surface area (Å²) in [5, 5.41) is 40.6. The van der Waals surface area contributed by atoms with Gasteiger partial charge in [-0.2, -0.15) is 0 Å². The molecule has 0 radical (unpaired) electrons. The maximum Gasteiger partial charge on any atom is 0.345 e. The van der Waals surface area contributed by atoms with Gasteiger partial charge in [0, 0.05) is 0 Å². The van der Waals surface area contributed by atoms with Crippen molar-refractivity contribution in [2.75, 3.05) is 0 Å². The molecular weight excluding hydrogens is 328 g/mol. The third-order valence-electron chi connectivity index (χ3n) is 3.66. The van der Waals surface area contributed by atoms with Crippen molar-refractivity contribution in [2.45, 2.75) is 49.1 Å². The SMILES string of the molecule is C=CCC(O)(CC=C)C(O)C(=O)OC(=O)C(O)C(O)(CC=C)CC=C. The van der Waals surface area contributed by atoms with Crippen molar-refractivity contribution < 1.29 is 34.8 Å². The highest BCUT2D eigenvalue weighted by molar-refractivity contribution is 5.91. The van der Waals surface area contributed by atoms with Crippen LogP contribution in [0.2, 0.25) is 0 Å². The molecule has 0 heterocycles. The van der Waals surface area contributed by atoms with Gasteiger partial charge in [-0.25, -0.2) is 9.59 Å². The van der Waals surface area contributed by atoms with Gasteiger partial charge in [0.1, 0.15) is 11.2 Å². The van der Waals surface area contributed by atoms with Crippen LogP contribution in [0.5, 0.6) is 0 Å². The predicted octanol–water partition coefficient (Wildman–Crippen LogP) is 0.545. The molecule has 2 atom stereocenters. The fourth-order valence-corrected chi connectivity index (χ4v) is 2.26. The Hall–Kier alpha value is -2.06. The van der Waals surface area contributed by atoms with Crippen molar-refractivity contribution in [1.82, 2.24) is 0 Å². The van der Waals surface area contributed by atoms with Gasteiger partial charge in [0.05, 0.1) is 0 Å². The fraction of sp³-hybridized carbons (Fsp3) is 0.444. The maximum atomic E-state index is 11.9. The number of aliphatic hydroxyl groups is 4. The van der Waals surface area contributed by atoms with Gasteiger partial charge < -0.3 is 25.2 Å². The molecule has 0 aromatic heterocycles. The molecule has 140 valence electrons. The number of esters is 2. The van der Waals surface area contributed by atoms with Gasteiger partial charge in [0.15, 0.2) is 12.2 Å². The Morgan fingerprint density at radius 3 is 1.20 bits per heavy atom. The first-order chi connectivity index (χ1) is 11.6.